The lowest BCUT2D eigenvalue weighted by Crippen LogP contribution is -2.37. The first-order chi connectivity index (χ1) is 12.3. The lowest BCUT2D eigenvalue weighted by Gasteiger charge is -2.28. The highest BCUT2D eigenvalue weighted by atomic mass is 19.4. The summed E-state index contributed by atoms with van der Waals surface area (Å²) in [6.07, 6.45) is -5.64. The Kier molecular flexibility index (Phi) is 5.07. The van der Waals surface area contributed by atoms with E-state index in [0.29, 0.717) is 0 Å². The van der Waals surface area contributed by atoms with E-state index < -0.39 is 42.1 Å². The molecule has 1 aromatic rings. The molecule has 2 aliphatic rings. The smallest absolute Gasteiger partial charge is 0.389 e. The number of carbonyl (C=O) groups is 2. The molecule has 1 aliphatic heterocycles. The van der Waals surface area contributed by atoms with E-state index in [0.717, 1.165) is 18.4 Å². The molecule has 1 aliphatic carbocycles. The van der Waals surface area contributed by atoms with Crippen molar-refractivity contribution in [2.75, 3.05) is 0 Å². The topological polar surface area (TPSA) is 63.6 Å². The Morgan fingerprint density at radius 1 is 1.15 bits per heavy atom. The van der Waals surface area contributed by atoms with Gasteiger partial charge in [-0.1, -0.05) is 30.3 Å². The lowest BCUT2D eigenvalue weighted by atomic mass is 9.83. The van der Waals surface area contributed by atoms with Crippen LogP contribution in [-0.4, -0.2) is 29.1 Å². The van der Waals surface area contributed by atoms with E-state index >= 15 is 0 Å². The molecule has 1 heterocycles. The summed E-state index contributed by atoms with van der Waals surface area (Å²) in [5, 5.41) is 10.4. The van der Waals surface area contributed by atoms with Crippen molar-refractivity contribution in [3.63, 3.8) is 0 Å². The maximum absolute atomic E-state index is 12.5. The van der Waals surface area contributed by atoms with Crippen LogP contribution in [0.25, 0.3) is 0 Å². The molecule has 0 aromatic heterocycles. The van der Waals surface area contributed by atoms with Crippen LogP contribution in [0.15, 0.2) is 41.7 Å². The van der Waals surface area contributed by atoms with E-state index in [1.165, 1.54) is 0 Å². The highest BCUT2D eigenvalue weighted by molar-refractivity contribution is 6.09. The molecule has 1 N–H and O–H groups in total. The van der Waals surface area contributed by atoms with Crippen LogP contribution in [-0.2, 0) is 14.3 Å². The van der Waals surface area contributed by atoms with Gasteiger partial charge >= 0.3 is 12.1 Å². The van der Waals surface area contributed by atoms with Gasteiger partial charge in [-0.2, -0.15) is 13.2 Å². The molecule has 1 saturated carbocycles. The first-order valence-corrected chi connectivity index (χ1v) is 8.58. The fourth-order valence-corrected chi connectivity index (χ4v) is 3.34. The minimum atomic E-state index is -4.34. The molecule has 4 nitrogen and oxygen atoms in total. The molecule has 1 fully saturated rings. The van der Waals surface area contributed by atoms with Gasteiger partial charge in [-0.3, -0.25) is 4.79 Å². The molecule has 2 unspecified atom stereocenters. The van der Waals surface area contributed by atoms with Gasteiger partial charge in [0.25, 0.3) is 0 Å². The molecule has 0 saturated heterocycles. The SMILES string of the molecule is O=C1OC(CCCC(F)(F)F)C(=O)C(O)=C1C(c1ccccc1)C1CC1. The number of halogens is 3. The van der Waals surface area contributed by atoms with Gasteiger partial charge in [-0.25, -0.2) is 4.79 Å². The number of cyclic esters (lactones) is 1. The summed E-state index contributed by atoms with van der Waals surface area (Å²) >= 11 is 0. The molecule has 3 rings (SSSR count). The van der Waals surface area contributed by atoms with Gasteiger partial charge in [-0.15, -0.1) is 0 Å². The molecule has 0 bridgehead atoms. The van der Waals surface area contributed by atoms with Crippen LogP contribution >= 0.6 is 0 Å². The Labute approximate surface area is 148 Å². The summed E-state index contributed by atoms with van der Waals surface area (Å²) in [7, 11) is 0. The van der Waals surface area contributed by atoms with Crippen LogP contribution in [0.1, 0.15) is 43.6 Å². The number of ketones is 1. The number of ether oxygens (including phenoxy) is 1. The van der Waals surface area contributed by atoms with Crippen LogP contribution < -0.4 is 0 Å². The Bertz CT molecular complexity index is 720. The van der Waals surface area contributed by atoms with Gasteiger partial charge in [0.1, 0.15) is 0 Å². The third kappa shape index (κ3) is 4.08. The van der Waals surface area contributed by atoms with Crippen molar-refractivity contribution in [3.05, 3.63) is 47.2 Å². The number of hydrogen-bond acceptors (Lipinski definition) is 4. The molecule has 1 aromatic carbocycles. The van der Waals surface area contributed by atoms with Crippen molar-refractivity contribution < 1.29 is 32.6 Å². The Balaban J connectivity index is 1.81. The minimum Gasteiger partial charge on any atom is -0.504 e. The molecule has 0 radical (unpaired) electrons. The zero-order chi connectivity index (χ0) is 18.9. The van der Waals surface area contributed by atoms with Gasteiger partial charge in [-0.05, 0) is 37.2 Å². The van der Waals surface area contributed by atoms with Crippen LogP contribution in [0.2, 0.25) is 0 Å². The first-order valence-electron chi connectivity index (χ1n) is 8.58. The second-order valence-electron chi connectivity index (χ2n) is 6.75. The lowest BCUT2D eigenvalue weighted by molar-refractivity contribution is -0.156. The molecular formula is C19H19F3O4. The highest BCUT2D eigenvalue weighted by Crippen LogP contribution is 2.48. The van der Waals surface area contributed by atoms with Gasteiger partial charge in [0.05, 0.1) is 5.57 Å². The van der Waals surface area contributed by atoms with Crippen molar-refractivity contribution in [1.29, 1.82) is 0 Å². The van der Waals surface area contributed by atoms with E-state index in [4.69, 9.17) is 4.74 Å². The fraction of sp³-hybridized carbons (Fsp3) is 0.474. The van der Waals surface area contributed by atoms with Gasteiger partial charge in [0, 0.05) is 12.3 Å². The number of aliphatic hydroxyl groups is 1. The Morgan fingerprint density at radius 3 is 2.38 bits per heavy atom. The van der Waals surface area contributed by atoms with Gasteiger partial charge in [0.15, 0.2) is 11.9 Å². The molecular weight excluding hydrogens is 349 g/mol. The first kappa shape index (κ1) is 18.5. The largest absolute Gasteiger partial charge is 0.504 e. The minimum absolute atomic E-state index is 0.0734. The summed E-state index contributed by atoms with van der Waals surface area (Å²) in [4.78, 5) is 24.8. The van der Waals surface area contributed by atoms with Crippen molar-refractivity contribution in [1.82, 2.24) is 0 Å². The summed E-state index contributed by atoms with van der Waals surface area (Å²) < 4.78 is 41.9. The van der Waals surface area contributed by atoms with Crippen molar-refractivity contribution in [3.8, 4) is 0 Å². The summed E-state index contributed by atoms with van der Waals surface area (Å²) in [5.74, 6) is -2.61. The second-order valence-corrected chi connectivity index (χ2v) is 6.75. The summed E-state index contributed by atoms with van der Waals surface area (Å²) in [6.45, 7) is 0. The molecule has 7 heteroatoms. The van der Waals surface area contributed by atoms with E-state index in [-0.39, 0.29) is 24.3 Å². The number of Topliss-reactive ketones (excluding diaryl/α,β-unsaturated/α-hetero) is 1. The average molecular weight is 368 g/mol. The molecule has 2 atom stereocenters. The zero-order valence-corrected chi connectivity index (χ0v) is 14.0. The summed E-state index contributed by atoms with van der Waals surface area (Å²) in [5.41, 5.74) is 0.729. The van der Waals surface area contributed by atoms with Gasteiger partial charge < -0.3 is 9.84 Å². The van der Waals surface area contributed by atoms with E-state index in [1.807, 2.05) is 18.2 Å². The van der Waals surface area contributed by atoms with Crippen LogP contribution in [0, 0.1) is 5.92 Å². The normalized spacial score (nSPS) is 22.3. The second kappa shape index (κ2) is 7.13. The van der Waals surface area contributed by atoms with Crippen molar-refractivity contribution in [2.45, 2.75) is 50.3 Å². The predicted molar refractivity (Wildman–Crippen MR) is 86.4 cm³/mol. The number of hydrogen-bond donors (Lipinski definition) is 1. The average Bonchev–Trinajstić information content (AvgIpc) is 3.40. The maximum atomic E-state index is 12.5. The molecule has 0 spiro atoms. The number of benzene rings is 1. The Hall–Kier alpha value is -2.31. The molecule has 0 amide bonds. The number of alkyl halides is 3. The summed E-state index contributed by atoms with van der Waals surface area (Å²) in [6, 6.07) is 9.06. The van der Waals surface area contributed by atoms with Gasteiger partial charge in [0.2, 0.25) is 5.78 Å². The number of esters is 1. The van der Waals surface area contributed by atoms with Crippen molar-refractivity contribution in [2.24, 2.45) is 5.92 Å². The predicted octanol–water partition coefficient (Wildman–Crippen LogP) is 4.22. The molecule has 140 valence electrons. The number of aliphatic hydroxyl groups excluding tert-OH is 1. The molecule has 26 heavy (non-hydrogen) atoms. The third-order valence-electron chi connectivity index (χ3n) is 4.74. The van der Waals surface area contributed by atoms with Crippen molar-refractivity contribution >= 4 is 11.8 Å². The fourth-order valence-electron chi connectivity index (χ4n) is 3.34. The highest BCUT2D eigenvalue weighted by Gasteiger charge is 2.45. The van der Waals surface area contributed by atoms with E-state index in [9.17, 15) is 27.9 Å². The Morgan fingerprint density at radius 2 is 1.81 bits per heavy atom. The maximum Gasteiger partial charge on any atom is 0.389 e. The van der Waals surface area contributed by atoms with Crippen LogP contribution in [0.5, 0.6) is 0 Å². The van der Waals surface area contributed by atoms with Crippen LogP contribution in [0.4, 0.5) is 13.2 Å². The van der Waals surface area contributed by atoms with E-state index in [2.05, 4.69) is 0 Å². The quantitative estimate of drug-likeness (QED) is 0.764. The van der Waals surface area contributed by atoms with E-state index in [1.54, 1.807) is 12.1 Å². The monoisotopic (exact) mass is 368 g/mol. The standard InChI is InChI=1S/C19H19F3O4/c20-19(21,22)10-4-7-13-16(23)17(24)15(18(25)26-13)14(12-8-9-12)11-5-2-1-3-6-11/h1-3,5-6,12-14,24H,4,7-10H2. The number of rotatable bonds is 6. The number of carbonyl (C=O) groups excluding carboxylic acids is 2. The van der Waals surface area contributed by atoms with Crippen LogP contribution in [0.3, 0.4) is 0 Å². The third-order valence-corrected chi connectivity index (χ3v) is 4.74. The zero-order valence-electron chi connectivity index (χ0n) is 14.0.